The van der Waals surface area contributed by atoms with E-state index >= 15 is 0 Å². The smallest absolute Gasteiger partial charge is 0.302 e. The topological polar surface area (TPSA) is 58.6 Å². The number of hydrogen-bond donors (Lipinski definition) is 1. The molecule has 90 valence electrons. The molecule has 0 aliphatic carbocycles. The second-order valence-electron chi connectivity index (χ2n) is 3.04. The molecule has 2 rings (SSSR count). The van der Waals surface area contributed by atoms with E-state index in [9.17, 15) is 18.0 Å². The molecule has 0 spiro atoms. The van der Waals surface area contributed by atoms with Crippen LogP contribution in [0.25, 0.3) is 10.9 Å². The molecule has 17 heavy (non-hydrogen) atoms. The van der Waals surface area contributed by atoms with Crippen LogP contribution in [-0.4, -0.2) is 15.0 Å². The first-order valence-corrected chi connectivity index (χ1v) is 5.71. The first-order valence-electron chi connectivity index (χ1n) is 4.12. The van der Waals surface area contributed by atoms with Gasteiger partial charge in [0, 0.05) is 0 Å². The first kappa shape index (κ1) is 12.5. The molecule has 2 aromatic rings. The van der Waals surface area contributed by atoms with Crippen LogP contribution in [0.1, 0.15) is 5.82 Å². The van der Waals surface area contributed by atoms with Crippen molar-refractivity contribution < 1.29 is 13.2 Å². The molecule has 0 aliphatic rings. The van der Waals surface area contributed by atoms with E-state index in [0.29, 0.717) is 4.60 Å². The maximum Gasteiger partial charge on any atom is 0.449 e. The van der Waals surface area contributed by atoms with Crippen molar-refractivity contribution in [3.63, 3.8) is 0 Å². The van der Waals surface area contributed by atoms with Crippen molar-refractivity contribution >= 4 is 42.8 Å². The third kappa shape index (κ3) is 2.34. The predicted octanol–water partition coefficient (Wildman–Crippen LogP) is 2.86. The SMILES string of the molecule is O=c1[nH]c(C(F)(F)F)nc2c(Br)nc(Br)cc12. The van der Waals surface area contributed by atoms with E-state index in [2.05, 4.69) is 41.8 Å². The molecule has 0 bridgehead atoms. The van der Waals surface area contributed by atoms with Crippen LogP contribution in [0.5, 0.6) is 0 Å². The van der Waals surface area contributed by atoms with Crippen LogP contribution in [0.2, 0.25) is 0 Å². The molecule has 0 saturated heterocycles. The summed E-state index contributed by atoms with van der Waals surface area (Å²) < 4.78 is 37.7. The highest BCUT2D eigenvalue weighted by Gasteiger charge is 2.34. The number of pyridine rings is 1. The van der Waals surface area contributed by atoms with Crippen LogP contribution in [0, 0.1) is 0 Å². The maximum atomic E-state index is 12.4. The molecule has 9 heteroatoms. The van der Waals surface area contributed by atoms with Gasteiger partial charge in [0.15, 0.2) is 0 Å². The maximum absolute atomic E-state index is 12.4. The van der Waals surface area contributed by atoms with Crippen LogP contribution in [0.4, 0.5) is 13.2 Å². The van der Waals surface area contributed by atoms with Crippen molar-refractivity contribution in [3.05, 3.63) is 31.5 Å². The van der Waals surface area contributed by atoms with Gasteiger partial charge in [-0.25, -0.2) is 9.97 Å². The second kappa shape index (κ2) is 4.05. The van der Waals surface area contributed by atoms with Crippen molar-refractivity contribution in [3.8, 4) is 0 Å². The molecule has 0 radical (unpaired) electrons. The number of hydrogen-bond acceptors (Lipinski definition) is 3. The quantitative estimate of drug-likeness (QED) is 0.723. The van der Waals surface area contributed by atoms with Gasteiger partial charge < -0.3 is 4.98 Å². The van der Waals surface area contributed by atoms with E-state index in [-0.39, 0.29) is 15.5 Å². The Bertz CT molecular complexity index is 653. The lowest BCUT2D eigenvalue weighted by Crippen LogP contribution is -2.19. The fourth-order valence-electron chi connectivity index (χ4n) is 1.21. The highest BCUT2D eigenvalue weighted by Crippen LogP contribution is 2.28. The van der Waals surface area contributed by atoms with Crippen LogP contribution in [-0.2, 0) is 6.18 Å². The summed E-state index contributed by atoms with van der Waals surface area (Å²) in [5.41, 5.74) is -1.00. The Hall–Kier alpha value is -0.960. The molecule has 0 aromatic carbocycles. The summed E-state index contributed by atoms with van der Waals surface area (Å²) in [5.74, 6) is -1.35. The lowest BCUT2D eigenvalue weighted by molar-refractivity contribution is -0.144. The van der Waals surface area contributed by atoms with E-state index in [1.165, 1.54) is 6.07 Å². The van der Waals surface area contributed by atoms with Crippen LogP contribution >= 0.6 is 31.9 Å². The highest BCUT2D eigenvalue weighted by atomic mass is 79.9. The van der Waals surface area contributed by atoms with E-state index < -0.39 is 17.6 Å². The molecule has 0 atom stereocenters. The van der Waals surface area contributed by atoms with E-state index in [0.717, 1.165) is 0 Å². The van der Waals surface area contributed by atoms with Gasteiger partial charge in [0.05, 0.1) is 5.39 Å². The lowest BCUT2D eigenvalue weighted by Gasteiger charge is -2.07. The Morgan fingerprint density at radius 2 is 1.88 bits per heavy atom. The van der Waals surface area contributed by atoms with Gasteiger partial charge >= 0.3 is 6.18 Å². The molecule has 0 fully saturated rings. The summed E-state index contributed by atoms with van der Waals surface area (Å²) in [6.45, 7) is 0. The fraction of sp³-hybridized carbons (Fsp3) is 0.125. The summed E-state index contributed by atoms with van der Waals surface area (Å²) >= 11 is 5.99. The largest absolute Gasteiger partial charge is 0.449 e. The van der Waals surface area contributed by atoms with Crippen molar-refractivity contribution in [1.82, 2.24) is 15.0 Å². The van der Waals surface area contributed by atoms with Gasteiger partial charge in [0.2, 0.25) is 5.82 Å². The average Bonchev–Trinajstić information content (AvgIpc) is 2.17. The van der Waals surface area contributed by atoms with Gasteiger partial charge in [-0.2, -0.15) is 13.2 Å². The Morgan fingerprint density at radius 3 is 2.47 bits per heavy atom. The first-order chi connectivity index (χ1) is 7.79. The number of fused-ring (bicyclic) bond motifs is 1. The average molecular weight is 373 g/mol. The number of aromatic amines is 1. The summed E-state index contributed by atoms with van der Waals surface area (Å²) in [5, 5.41) is 0.0201. The molecule has 2 heterocycles. The second-order valence-corrected chi connectivity index (χ2v) is 4.61. The standard InChI is InChI=1S/C8H2Br2F3N3O/c9-3-1-2-4(5(10)14-3)15-7(8(11,12)13)16-6(2)17/h1H,(H,15,16,17). The Labute approximate surface area is 109 Å². The molecule has 1 N–H and O–H groups in total. The third-order valence-electron chi connectivity index (χ3n) is 1.89. The van der Waals surface area contributed by atoms with Gasteiger partial charge in [-0.15, -0.1) is 0 Å². The Balaban J connectivity index is 2.88. The number of alkyl halides is 3. The molecule has 0 amide bonds. The molecule has 0 saturated carbocycles. The summed E-state index contributed by atoms with van der Waals surface area (Å²) in [6.07, 6.45) is -4.71. The molecular formula is C8H2Br2F3N3O. The molecule has 2 aromatic heterocycles. The fourth-order valence-corrected chi connectivity index (χ4v) is 2.34. The van der Waals surface area contributed by atoms with Crippen LogP contribution < -0.4 is 5.56 Å². The number of halogens is 5. The number of nitrogens with one attached hydrogen (secondary N) is 1. The minimum atomic E-state index is -4.71. The zero-order valence-electron chi connectivity index (χ0n) is 7.77. The predicted molar refractivity (Wildman–Crippen MR) is 60.6 cm³/mol. The van der Waals surface area contributed by atoms with Crippen LogP contribution in [0.15, 0.2) is 20.1 Å². The van der Waals surface area contributed by atoms with Gasteiger partial charge in [-0.1, -0.05) is 0 Å². The minimum absolute atomic E-state index is 0.0201. The third-order valence-corrected chi connectivity index (χ3v) is 2.85. The number of nitrogens with zero attached hydrogens (tertiary/aromatic N) is 2. The highest BCUT2D eigenvalue weighted by molar-refractivity contribution is 9.11. The van der Waals surface area contributed by atoms with Gasteiger partial charge in [-0.05, 0) is 37.9 Å². The van der Waals surface area contributed by atoms with Gasteiger partial charge in [-0.3, -0.25) is 4.79 Å². The summed E-state index contributed by atoms with van der Waals surface area (Å²) in [6, 6.07) is 1.30. The van der Waals surface area contributed by atoms with Crippen molar-refractivity contribution in [2.45, 2.75) is 6.18 Å². The number of aromatic nitrogens is 3. The normalized spacial score (nSPS) is 12.1. The van der Waals surface area contributed by atoms with Gasteiger partial charge in [0.25, 0.3) is 5.56 Å². The monoisotopic (exact) mass is 371 g/mol. The summed E-state index contributed by atoms with van der Waals surface area (Å²) in [7, 11) is 0. The van der Waals surface area contributed by atoms with Crippen molar-refractivity contribution in [1.29, 1.82) is 0 Å². The Morgan fingerprint density at radius 1 is 1.24 bits per heavy atom. The summed E-state index contributed by atoms with van der Waals surface area (Å²) in [4.78, 5) is 20.3. The zero-order valence-corrected chi connectivity index (χ0v) is 10.9. The zero-order chi connectivity index (χ0) is 12.8. The van der Waals surface area contributed by atoms with Crippen molar-refractivity contribution in [2.75, 3.05) is 0 Å². The minimum Gasteiger partial charge on any atom is -0.302 e. The van der Waals surface area contributed by atoms with Crippen molar-refractivity contribution in [2.24, 2.45) is 0 Å². The molecule has 0 aliphatic heterocycles. The number of H-pyrrole nitrogens is 1. The molecule has 0 unspecified atom stereocenters. The van der Waals surface area contributed by atoms with Crippen LogP contribution in [0.3, 0.4) is 0 Å². The number of rotatable bonds is 0. The van der Waals surface area contributed by atoms with E-state index in [4.69, 9.17) is 0 Å². The van der Waals surface area contributed by atoms with E-state index in [1.807, 2.05) is 0 Å². The van der Waals surface area contributed by atoms with Gasteiger partial charge in [0.1, 0.15) is 14.7 Å². The molecular weight excluding hydrogens is 371 g/mol. The molecule has 4 nitrogen and oxygen atoms in total. The Kier molecular flexibility index (Phi) is 2.98. The van der Waals surface area contributed by atoms with E-state index in [1.54, 1.807) is 4.98 Å². The lowest BCUT2D eigenvalue weighted by atomic mass is 10.3.